The van der Waals surface area contributed by atoms with Crippen LogP contribution >= 0.6 is 0 Å². The Morgan fingerprint density at radius 2 is 1.83 bits per heavy atom. The molecule has 1 aromatic heterocycles. The summed E-state index contributed by atoms with van der Waals surface area (Å²) in [6.07, 6.45) is 1.11. The van der Waals surface area contributed by atoms with Crippen LogP contribution in [-0.4, -0.2) is 35.7 Å². The Labute approximate surface area is 141 Å². The summed E-state index contributed by atoms with van der Waals surface area (Å²) < 4.78 is 17.7. The predicted molar refractivity (Wildman–Crippen MR) is 91.6 cm³/mol. The number of benzene rings is 1. The Kier molecular flexibility index (Phi) is 5.02. The van der Waals surface area contributed by atoms with Gasteiger partial charge in [-0.25, -0.2) is 4.79 Å². The Morgan fingerprint density at radius 1 is 1.17 bits per heavy atom. The first-order valence-corrected chi connectivity index (χ1v) is 7.49. The number of nitrogens with zero attached hydrogens (tertiary/aromatic N) is 2. The molecule has 1 heterocycles. The van der Waals surface area contributed by atoms with Crippen LogP contribution in [0.25, 0.3) is 11.3 Å². The molecular weight excluding hydrogens is 310 g/mol. The molecule has 0 atom stereocenters. The zero-order valence-electron chi connectivity index (χ0n) is 14.8. The van der Waals surface area contributed by atoms with Crippen LogP contribution in [0, 0.1) is 0 Å². The van der Waals surface area contributed by atoms with Gasteiger partial charge in [-0.2, -0.15) is 5.10 Å². The highest BCUT2D eigenvalue weighted by Gasteiger charge is 2.19. The van der Waals surface area contributed by atoms with Gasteiger partial charge in [0.05, 0.1) is 20.4 Å². The molecule has 0 fully saturated rings. The molecule has 1 N–H and O–H groups in total. The standard InChI is InChI=1S/C17H23N3O4/c1-17(2,3)24-16(21)19-11-7-8-13(22-5)12(9-11)15-14(23-6)10-18-20(15)4/h7-10H,1-6H3,(H,19,21). The van der Waals surface area contributed by atoms with E-state index < -0.39 is 11.7 Å². The molecule has 2 aromatic rings. The average molecular weight is 333 g/mol. The molecule has 0 bridgehead atoms. The number of rotatable bonds is 4. The smallest absolute Gasteiger partial charge is 0.412 e. The Balaban J connectivity index is 2.38. The van der Waals surface area contributed by atoms with Crippen LogP contribution in [0.5, 0.6) is 11.5 Å². The number of carbonyl (C=O) groups excluding carboxylic acids is 1. The third kappa shape index (κ3) is 3.98. The van der Waals surface area contributed by atoms with Crippen molar-refractivity contribution in [3.63, 3.8) is 0 Å². The second-order valence-corrected chi connectivity index (χ2v) is 6.23. The van der Waals surface area contributed by atoms with Gasteiger partial charge in [-0.1, -0.05) is 0 Å². The molecule has 0 aliphatic carbocycles. The summed E-state index contributed by atoms with van der Waals surface area (Å²) in [5, 5.41) is 6.92. The molecule has 1 amide bonds. The van der Waals surface area contributed by atoms with Crippen LogP contribution in [-0.2, 0) is 11.8 Å². The maximum Gasteiger partial charge on any atom is 0.412 e. The van der Waals surface area contributed by atoms with Crippen molar-refractivity contribution < 1.29 is 19.0 Å². The summed E-state index contributed by atoms with van der Waals surface area (Å²) in [5.74, 6) is 1.26. The minimum absolute atomic E-state index is 0.518. The molecule has 1 aromatic carbocycles. The van der Waals surface area contributed by atoms with E-state index in [0.717, 1.165) is 11.3 Å². The van der Waals surface area contributed by atoms with Crippen LogP contribution in [0.3, 0.4) is 0 Å². The van der Waals surface area contributed by atoms with Crippen molar-refractivity contribution in [2.75, 3.05) is 19.5 Å². The van der Waals surface area contributed by atoms with Crippen LogP contribution in [0.4, 0.5) is 10.5 Å². The van der Waals surface area contributed by atoms with Crippen molar-refractivity contribution in [1.29, 1.82) is 0 Å². The van der Waals surface area contributed by atoms with E-state index in [-0.39, 0.29) is 0 Å². The lowest BCUT2D eigenvalue weighted by atomic mass is 10.1. The molecule has 0 radical (unpaired) electrons. The normalized spacial score (nSPS) is 11.1. The molecular formula is C17H23N3O4. The lowest BCUT2D eigenvalue weighted by molar-refractivity contribution is 0.0636. The van der Waals surface area contributed by atoms with Gasteiger partial charge >= 0.3 is 6.09 Å². The molecule has 0 aliphatic rings. The third-order valence-corrected chi connectivity index (χ3v) is 3.22. The summed E-state index contributed by atoms with van der Waals surface area (Å²) in [6.45, 7) is 5.44. The zero-order chi connectivity index (χ0) is 17.9. The first-order chi connectivity index (χ1) is 11.2. The number of aryl methyl sites for hydroxylation is 1. The number of amides is 1. The number of nitrogens with one attached hydrogen (secondary N) is 1. The lowest BCUT2D eigenvalue weighted by Crippen LogP contribution is -2.27. The van der Waals surface area contributed by atoms with Crippen LogP contribution in [0.1, 0.15) is 20.8 Å². The quantitative estimate of drug-likeness (QED) is 0.927. The minimum atomic E-state index is -0.565. The van der Waals surface area contributed by atoms with Crippen LogP contribution in [0.15, 0.2) is 24.4 Å². The highest BCUT2D eigenvalue weighted by Crippen LogP contribution is 2.37. The lowest BCUT2D eigenvalue weighted by Gasteiger charge is -2.20. The number of hydrogen-bond donors (Lipinski definition) is 1. The van der Waals surface area contributed by atoms with Gasteiger partial charge in [0.25, 0.3) is 0 Å². The maximum absolute atomic E-state index is 12.0. The van der Waals surface area contributed by atoms with Crippen molar-refractivity contribution in [3.05, 3.63) is 24.4 Å². The molecule has 0 saturated carbocycles. The number of anilines is 1. The van der Waals surface area contributed by atoms with E-state index in [9.17, 15) is 4.79 Å². The van der Waals surface area contributed by atoms with Gasteiger partial charge in [0.15, 0.2) is 5.75 Å². The van der Waals surface area contributed by atoms with Gasteiger partial charge in [0.2, 0.25) is 0 Å². The molecule has 7 nitrogen and oxygen atoms in total. The summed E-state index contributed by atoms with van der Waals surface area (Å²) in [4.78, 5) is 12.0. The zero-order valence-corrected chi connectivity index (χ0v) is 14.8. The van der Waals surface area contributed by atoms with E-state index in [4.69, 9.17) is 14.2 Å². The van der Waals surface area contributed by atoms with E-state index in [2.05, 4.69) is 10.4 Å². The number of methoxy groups -OCH3 is 2. The molecule has 0 spiro atoms. The monoisotopic (exact) mass is 333 g/mol. The van der Waals surface area contributed by atoms with Gasteiger partial charge in [0.1, 0.15) is 17.0 Å². The van der Waals surface area contributed by atoms with Crippen molar-refractivity contribution in [2.45, 2.75) is 26.4 Å². The largest absolute Gasteiger partial charge is 0.496 e. The average Bonchev–Trinajstić information content (AvgIpc) is 2.86. The molecule has 7 heteroatoms. The second kappa shape index (κ2) is 6.82. The number of ether oxygens (including phenoxy) is 3. The van der Waals surface area contributed by atoms with E-state index >= 15 is 0 Å². The van der Waals surface area contributed by atoms with E-state index in [0.29, 0.717) is 17.2 Å². The fourth-order valence-corrected chi connectivity index (χ4v) is 2.27. The molecule has 0 unspecified atom stereocenters. The highest BCUT2D eigenvalue weighted by atomic mass is 16.6. The number of hydrogen-bond acceptors (Lipinski definition) is 5. The summed E-state index contributed by atoms with van der Waals surface area (Å²) in [5.41, 5.74) is 1.53. The minimum Gasteiger partial charge on any atom is -0.496 e. The SMILES string of the molecule is COc1ccc(NC(=O)OC(C)(C)C)cc1-c1c(OC)cnn1C. The van der Waals surface area contributed by atoms with Gasteiger partial charge in [-0.15, -0.1) is 0 Å². The molecule has 0 saturated heterocycles. The number of carbonyl (C=O) groups is 1. The van der Waals surface area contributed by atoms with Crippen molar-refractivity contribution in [1.82, 2.24) is 9.78 Å². The Bertz CT molecular complexity index is 732. The fourth-order valence-electron chi connectivity index (χ4n) is 2.27. The topological polar surface area (TPSA) is 74.6 Å². The van der Waals surface area contributed by atoms with E-state index in [1.807, 2.05) is 27.8 Å². The van der Waals surface area contributed by atoms with Gasteiger partial charge in [-0.3, -0.25) is 10.00 Å². The Morgan fingerprint density at radius 3 is 2.42 bits per heavy atom. The first-order valence-electron chi connectivity index (χ1n) is 7.49. The summed E-state index contributed by atoms with van der Waals surface area (Å²) >= 11 is 0. The fraction of sp³-hybridized carbons (Fsp3) is 0.412. The van der Waals surface area contributed by atoms with Crippen molar-refractivity contribution in [2.24, 2.45) is 7.05 Å². The van der Waals surface area contributed by atoms with Crippen LogP contribution < -0.4 is 14.8 Å². The van der Waals surface area contributed by atoms with Crippen molar-refractivity contribution >= 4 is 11.8 Å². The number of aromatic nitrogens is 2. The predicted octanol–water partition coefficient (Wildman–Crippen LogP) is 3.45. The molecule has 24 heavy (non-hydrogen) atoms. The van der Waals surface area contributed by atoms with Crippen LogP contribution in [0.2, 0.25) is 0 Å². The molecule has 0 aliphatic heterocycles. The molecule has 130 valence electrons. The maximum atomic E-state index is 12.0. The Hall–Kier alpha value is -2.70. The molecule has 2 rings (SSSR count). The van der Waals surface area contributed by atoms with E-state index in [1.165, 1.54) is 0 Å². The summed E-state index contributed by atoms with van der Waals surface area (Å²) in [6, 6.07) is 5.31. The third-order valence-electron chi connectivity index (χ3n) is 3.22. The van der Waals surface area contributed by atoms with Gasteiger partial charge in [-0.05, 0) is 39.0 Å². The first kappa shape index (κ1) is 17.7. The highest BCUT2D eigenvalue weighted by molar-refractivity contribution is 5.87. The second-order valence-electron chi connectivity index (χ2n) is 6.23. The van der Waals surface area contributed by atoms with Gasteiger partial charge < -0.3 is 14.2 Å². The van der Waals surface area contributed by atoms with Gasteiger partial charge in [0, 0.05) is 18.3 Å². The van der Waals surface area contributed by atoms with E-state index in [1.54, 1.807) is 43.3 Å². The van der Waals surface area contributed by atoms with Crippen molar-refractivity contribution in [3.8, 4) is 22.8 Å². The summed E-state index contributed by atoms with van der Waals surface area (Å²) in [7, 11) is 4.98.